The van der Waals surface area contributed by atoms with Crippen LogP contribution in [0.4, 0.5) is 0 Å². The van der Waals surface area contributed by atoms with E-state index in [1.807, 2.05) is 0 Å². The summed E-state index contributed by atoms with van der Waals surface area (Å²) in [6, 6.07) is 0.357. The quantitative estimate of drug-likeness (QED) is 0.804. The van der Waals surface area contributed by atoms with Crippen molar-refractivity contribution in [3.05, 3.63) is 0 Å². The fourth-order valence-corrected chi connectivity index (χ4v) is 3.97. The highest BCUT2D eigenvalue weighted by molar-refractivity contribution is 7.99. The Bertz CT molecular complexity index is 176. The van der Waals surface area contributed by atoms with Gasteiger partial charge < -0.3 is 10.5 Å². The van der Waals surface area contributed by atoms with E-state index in [0.717, 1.165) is 24.2 Å². The molecule has 1 aliphatic heterocycles. The maximum absolute atomic E-state index is 6.23. The lowest BCUT2D eigenvalue weighted by Gasteiger charge is -2.28. The van der Waals surface area contributed by atoms with Crippen molar-refractivity contribution in [3.63, 3.8) is 0 Å². The summed E-state index contributed by atoms with van der Waals surface area (Å²) in [5, 5.41) is 0.903. The first kappa shape index (κ1) is 11.7. The van der Waals surface area contributed by atoms with E-state index in [-0.39, 0.29) is 0 Å². The van der Waals surface area contributed by atoms with E-state index in [9.17, 15) is 0 Å². The van der Waals surface area contributed by atoms with Crippen LogP contribution in [-0.4, -0.2) is 30.3 Å². The second-order valence-electron chi connectivity index (χ2n) is 4.88. The lowest BCUT2D eigenvalue weighted by atomic mass is 9.96. The van der Waals surface area contributed by atoms with Gasteiger partial charge in [-0.2, -0.15) is 11.8 Å². The fourth-order valence-electron chi connectivity index (χ4n) is 2.54. The number of hydrogen-bond donors (Lipinski definition) is 1. The van der Waals surface area contributed by atoms with Crippen LogP contribution < -0.4 is 5.73 Å². The molecule has 0 spiro atoms. The Morgan fingerprint density at radius 1 is 1.20 bits per heavy atom. The predicted molar refractivity (Wildman–Crippen MR) is 66.2 cm³/mol. The molecule has 1 saturated heterocycles. The van der Waals surface area contributed by atoms with Crippen LogP contribution in [0.2, 0.25) is 0 Å². The third-order valence-corrected chi connectivity index (χ3v) is 5.15. The lowest BCUT2D eigenvalue weighted by Crippen LogP contribution is -2.38. The zero-order valence-corrected chi connectivity index (χ0v) is 10.3. The minimum Gasteiger partial charge on any atom is -0.381 e. The van der Waals surface area contributed by atoms with Crippen LogP contribution in [0, 0.1) is 5.92 Å². The molecule has 2 rings (SSSR count). The average molecular weight is 229 g/mol. The smallest absolute Gasteiger partial charge is 0.0509 e. The van der Waals surface area contributed by atoms with Gasteiger partial charge in [0, 0.05) is 23.7 Å². The van der Waals surface area contributed by atoms with Crippen LogP contribution in [0.3, 0.4) is 0 Å². The normalized spacial score (nSPS) is 30.6. The van der Waals surface area contributed by atoms with Gasteiger partial charge in [0.2, 0.25) is 0 Å². The Morgan fingerprint density at radius 2 is 2.00 bits per heavy atom. The molecule has 0 aromatic heterocycles. The van der Waals surface area contributed by atoms with E-state index in [4.69, 9.17) is 10.5 Å². The molecular weight excluding hydrogens is 206 g/mol. The fraction of sp³-hybridized carbons (Fsp3) is 1.00. The van der Waals surface area contributed by atoms with Gasteiger partial charge in [-0.25, -0.2) is 0 Å². The molecule has 0 bridgehead atoms. The summed E-state index contributed by atoms with van der Waals surface area (Å²) in [4.78, 5) is 0. The second kappa shape index (κ2) is 6.12. The molecule has 1 saturated carbocycles. The van der Waals surface area contributed by atoms with Crippen molar-refractivity contribution < 1.29 is 4.74 Å². The molecule has 1 aliphatic carbocycles. The first-order valence-electron chi connectivity index (χ1n) is 6.31. The molecule has 2 aliphatic rings. The molecule has 0 aromatic rings. The van der Waals surface area contributed by atoms with Crippen molar-refractivity contribution in [3.8, 4) is 0 Å². The van der Waals surface area contributed by atoms with Crippen molar-refractivity contribution >= 4 is 11.8 Å². The number of hydrogen-bond acceptors (Lipinski definition) is 3. The molecule has 2 unspecified atom stereocenters. The summed E-state index contributed by atoms with van der Waals surface area (Å²) in [5.74, 6) is 1.76. The molecule has 2 nitrogen and oxygen atoms in total. The number of ether oxygens (including phenoxy) is 1. The van der Waals surface area contributed by atoms with E-state index >= 15 is 0 Å². The Balaban J connectivity index is 1.64. The zero-order valence-electron chi connectivity index (χ0n) is 9.49. The maximum Gasteiger partial charge on any atom is 0.0509 e. The van der Waals surface area contributed by atoms with Gasteiger partial charge in [-0.1, -0.05) is 12.8 Å². The van der Waals surface area contributed by atoms with Gasteiger partial charge in [-0.15, -0.1) is 0 Å². The molecule has 2 atom stereocenters. The van der Waals surface area contributed by atoms with E-state index in [2.05, 4.69) is 11.8 Å². The number of nitrogens with two attached hydrogens (primary N) is 1. The highest BCUT2D eigenvalue weighted by Gasteiger charge is 2.23. The Kier molecular flexibility index (Phi) is 4.79. The standard InChI is InChI=1S/C12H23NOS/c13-12(10-4-3-7-14-8-10)9-15-11-5-1-2-6-11/h10-12H,1-9,13H2. The van der Waals surface area contributed by atoms with Gasteiger partial charge >= 0.3 is 0 Å². The Hall–Kier alpha value is 0.270. The first-order valence-corrected chi connectivity index (χ1v) is 7.36. The third-order valence-electron chi connectivity index (χ3n) is 3.63. The first-order chi connectivity index (χ1) is 7.36. The summed E-state index contributed by atoms with van der Waals surface area (Å²) >= 11 is 2.11. The van der Waals surface area contributed by atoms with Crippen molar-refractivity contribution in [1.29, 1.82) is 0 Å². The number of rotatable bonds is 4. The highest BCUT2D eigenvalue weighted by Crippen LogP contribution is 2.30. The minimum absolute atomic E-state index is 0.357. The SMILES string of the molecule is NC(CSC1CCCC1)C1CCCOC1. The summed E-state index contributed by atoms with van der Waals surface area (Å²) < 4.78 is 5.49. The topological polar surface area (TPSA) is 35.2 Å². The van der Waals surface area contributed by atoms with E-state index in [0.29, 0.717) is 12.0 Å². The molecule has 0 radical (unpaired) electrons. The van der Waals surface area contributed by atoms with Gasteiger partial charge in [0.25, 0.3) is 0 Å². The second-order valence-corrected chi connectivity index (χ2v) is 6.21. The van der Waals surface area contributed by atoms with E-state index < -0.39 is 0 Å². The van der Waals surface area contributed by atoms with Gasteiger partial charge in [0.05, 0.1) is 6.61 Å². The van der Waals surface area contributed by atoms with E-state index in [1.165, 1.54) is 38.5 Å². The van der Waals surface area contributed by atoms with Gasteiger partial charge in [-0.05, 0) is 31.6 Å². The maximum atomic E-state index is 6.23. The monoisotopic (exact) mass is 229 g/mol. The highest BCUT2D eigenvalue weighted by atomic mass is 32.2. The molecule has 0 aromatic carbocycles. The van der Waals surface area contributed by atoms with Crippen LogP contribution >= 0.6 is 11.8 Å². The molecule has 1 heterocycles. The van der Waals surface area contributed by atoms with Crippen LogP contribution in [0.5, 0.6) is 0 Å². The van der Waals surface area contributed by atoms with Crippen LogP contribution in [0.25, 0.3) is 0 Å². The van der Waals surface area contributed by atoms with Crippen molar-refractivity contribution in [2.75, 3.05) is 19.0 Å². The van der Waals surface area contributed by atoms with Crippen molar-refractivity contribution in [1.82, 2.24) is 0 Å². The van der Waals surface area contributed by atoms with Gasteiger partial charge in [0.1, 0.15) is 0 Å². The summed E-state index contributed by atoms with van der Waals surface area (Å²) in [6.07, 6.45) is 8.16. The molecule has 88 valence electrons. The molecule has 2 N–H and O–H groups in total. The largest absolute Gasteiger partial charge is 0.381 e. The summed E-state index contributed by atoms with van der Waals surface area (Å²) in [7, 11) is 0. The summed E-state index contributed by atoms with van der Waals surface area (Å²) in [5.41, 5.74) is 6.23. The van der Waals surface area contributed by atoms with Gasteiger partial charge in [0.15, 0.2) is 0 Å². The van der Waals surface area contributed by atoms with Crippen LogP contribution in [0.15, 0.2) is 0 Å². The molecule has 15 heavy (non-hydrogen) atoms. The third kappa shape index (κ3) is 3.65. The van der Waals surface area contributed by atoms with Gasteiger partial charge in [-0.3, -0.25) is 0 Å². The average Bonchev–Trinajstić information content (AvgIpc) is 2.80. The zero-order chi connectivity index (χ0) is 10.5. The Labute approximate surface area is 97.3 Å². The molecular formula is C12H23NOS. The Morgan fingerprint density at radius 3 is 2.67 bits per heavy atom. The lowest BCUT2D eigenvalue weighted by molar-refractivity contribution is 0.0478. The molecule has 0 amide bonds. The van der Waals surface area contributed by atoms with Crippen molar-refractivity contribution in [2.45, 2.75) is 49.8 Å². The predicted octanol–water partition coefficient (Wildman–Crippen LogP) is 2.42. The van der Waals surface area contributed by atoms with Crippen molar-refractivity contribution in [2.24, 2.45) is 11.7 Å². The molecule has 2 fully saturated rings. The molecule has 3 heteroatoms. The van der Waals surface area contributed by atoms with E-state index in [1.54, 1.807) is 0 Å². The van der Waals surface area contributed by atoms with Crippen LogP contribution in [-0.2, 0) is 4.74 Å². The minimum atomic E-state index is 0.357. The summed E-state index contributed by atoms with van der Waals surface area (Å²) in [6.45, 7) is 1.84. The van der Waals surface area contributed by atoms with Crippen LogP contribution in [0.1, 0.15) is 38.5 Å². The number of thioether (sulfide) groups is 1.